The topological polar surface area (TPSA) is 46.3 Å². The average molecular weight is 381 g/mol. The monoisotopic (exact) mass is 380 g/mol. The normalized spacial score (nSPS) is 16.3. The molecule has 80 valence electrons. The molecule has 0 radical (unpaired) electrons. The van der Waals surface area contributed by atoms with Crippen molar-refractivity contribution in [2.45, 2.75) is 6.04 Å². The van der Waals surface area contributed by atoms with E-state index >= 15 is 0 Å². The van der Waals surface area contributed by atoms with E-state index in [9.17, 15) is 4.79 Å². The van der Waals surface area contributed by atoms with E-state index in [1.54, 1.807) is 4.90 Å². The molecular formula is C10H10BrIN2O. The van der Waals surface area contributed by atoms with Gasteiger partial charge in [-0.3, -0.25) is 4.79 Å². The fourth-order valence-corrected chi connectivity index (χ4v) is 2.44. The molecular weight excluding hydrogens is 371 g/mol. The zero-order valence-corrected chi connectivity index (χ0v) is 11.7. The number of carbonyl (C=O) groups is 1. The van der Waals surface area contributed by atoms with E-state index in [-0.39, 0.29) is 11.9 Å². The Labute approximate surface area is 110 Å². The van der Waals surface area contributed by atoms with Gasteiger partial charge in [-0.15, -0.1) is 0 Å². The molecule has 0 saturated carbocycles. The fraction of sp³-hybridized carbons (Fsp3) is 0.300. The van der Waals surface area contributed by atoms with E-state index in [0.29, 0.717) is 13.1 Å². The van der Waals surface area contributed by atoms with Gasteiger partial charge in [0, 0.05) is 27.2 Å². The fourth-order valence-electron chi connectivity index (χ4n) is 1.51. The van der Waals surface area contributed by atoms with Crippen molar-refractivity contribution in [2.75, 3.05) is 13.1 Å². The molecule has 1 fully saturated rings. The van der Waals surface area contributed by atoms with Crippen LogP contribution in [-0.2, 0) is 0 Å². The highest BCUT2D eigenvalue weighted by Gasteiger charge is 2.29. The van der Waals surface area contributed by atoms with Gasteiger partial charge in [-0.05, 0) is 40.8 Å². The minimum absolute atomic E-state index is 0.0717. The molecule has 0 unspecified atom stereocenters. The molecule has 2 N–H and O–H groups in total. The predicted octanol–water partition coefficient (Wildman–Crippen LogP) is 1.84. The molecule has 0 atom stereocenters. The molecule has 1 aromatic rings. The zero-order valence-electron chi connectivity index (χ0n) is 7.91. The van der Waals surface area contributed by atoms with Gasteiger partial charge in [-0.25, -0.2) is 0 Å². The summed E-state index contributed by atoms with van der Waals surface area (Å²) in [6.45, 7) is 1.34. The first kappa shape index (κ1) is 11.3. The van der Waals surface area contributed by atoms with Crippen molar-refractivity contribution < 1.29 is 4.79 Å². The molecule has 1 saturated heterocycles. The van der Waals surface area contributed by atoms with Crippen molar-refractivity contribution in [2.24, 2.45) is 5.73 Å². The Bertz CT molecular complexity index is 404. The van der Waals surface area contributed by atoms with Gasteiger partial charge in [0.1, 0.15) is 0 Å². The number of hydrogen-bond donors (Lipinski definition) is 1. The number of amides is 1. The maximum Gasteiger partial charge on any atom is 0.255 e. The van der Waals surface area contributed by atoms with Crippen LogP contribution in [0.4, 0.5) is 0 Å². The van der Waals surface area contributed by atoms with Crippen molar-refractivity contribution >= 4 is 44.4 Å². The summed E-state index contributed by atoms with van der Waals surface area (Å²) in [5.74, 6) is 0.0717. The summed E-state index contributed by atoms with van der Waals surface area (Å²) >= 11 is 5.54. The van der Waals surface area contributed by atoms with Gasteiger partial charge in [-0.1, -0.05) is 15.9 Å². The van der Waals surface area contributed by atoms with Crippen molar-refractivity contribution in [1.82, 2.24) is 4.90 Å². The second kappa shape index (κ2) is 4.39. The van der Waals surface area contributed by atoms with E-state index in [0.717, 1.165) is 13.6 Å². The lowest BCUT2D eigenvalue weighted by molar-refractivity contribution is 0.0607. The summed E-state index contributed by atoms with van der Waals surface area (Å²) in [5.41, 5.74) is 6.39. The molecule has 0 aromatic heterocycles. The highest BCUT2D eigenvalue weighted by Crippen LogP contribution is 2.21. The van der Waals surface area contributed by atoms with Crippen molar-refractivity contribution in [3.8, 4) is 0 Å². The summed E-state index contributed by atoms with van der Waals surface area (Å²) in [4.78, 5) is 13.8. The van der Waals surface area contributed by atoms with E-state index in [1.807, 2.05) is 18.2 Å². The van der Waals surface area contributed by atoms with Gasteiger partial charge in [0.2, 0.25) is 0 Å². The molecule has 1 aliphatic heterocycles. The number of nitrogens with two attached hydrogens (primary N) is 1. The Morgan fingerprint density at radius 2 is 2.20 bits per heavy atom. The maximum absolute atomic E-state index is 12.0. The van der Waals surface area contributed by atoms with Crippen LogP contribution in [0, 0.1) is 3.57 Å². The van der Waals surface area contributed by atoms with Crippen LogP contribution in [0.5, 0.6) is 0 Å². The van der Waals surface area contributed by atoms with E-state index in [4.69, 9.17) is 5.73 Å². The summed E-state index contributed by atoms with van der Waals surface area (Å²) in [6.07, 6.45) is 0. The molecule has 1 heterocycles. The molecule has 0 bridgehead atoms. The first-order valence-electron chi connectivity index (χ1n) is 4.58. The number of carbonyl (C=O) groups excluding carboxylic acids is 1. The predicted molar refractivity (Wildman–Crippen MR) is 70.7 cm³/mol. The summed E-state index contributed by atoms with van der Waals surface area (Å²) in [5, 5.41) is 0. The third kappa shape index (κ3) is 2.34. The standard InChI is InChI=1S/C10H10BrIN2O/c11-6-1-2-9(12)8(3-6)10(15)14-4-7(13)5-14/h1-3,7H,4-5,13H2. The number of hydrogen-bond acceptors (Lipinski definition) is 2. The van der Waals surface area contributed by atoms with Gasteiger partial charge < -0.3 is 10.6 Å². The van der Waals surface area contributed by atoms with Crippen LogP contribution in [0.2, 0.25) is 0 Å². The van der Waals surface area contributed by atoms with Gasteiger partial charge in [-0.2, -0.15) is 0 Å². The van der Waals surface area contributed by atoms with E-state index < -0.39 is 0 Å². The molecule has 5 heteroatoms. The first-order valence-corrected chi connectivity index (χ1v) is 6.45. The SMILES string of the molecule is NC1CN(C(=O)c2cc(Br)ccc2I)C1. The second-order valence-corrected chi connectivity index (χ2v) is 5.67. The molecule has 0 spiro atoms. The highest BCUT2D eigenvalue weighted by molar-refractivity contribution is 14.1. The van der Waals surface area contributed by atoms with Crippen LogP contribution in [0.1, 0.15) is 10.4 Å². The Morgan fingerprint density at radius 1 is 1.53 bits per heavy atom. The molecule has 2 rings (SSSR count). The lowest BCUT2D eigenvalue weighted by atomic mass is 10.1. The molecule has 1 aliphatic rings. The summed E-state index contributed by atoms with van der Waals surface area (Å²) in [6, 6.07) is 5.87. The second-order valence-electron chi connectivity index (χ2n) is 3.59. The molecule has 1 amide bonds. The molecule has 15 heavy (non-hydrogen) atoms. The Morgan fingerprint density at radius 3 is 2.80 bits per heavy atom. The smallest absolute Gasteiger partial charge is 0.255 e. The van der Waals surface area contributed by atoms with Crippen LogP contribution in [0.3, 0.4) is 0 Å². The third-order valence-corrected chi connectivity index (χ3v) is 3.79. The van der Waals surface area contributed by atoms with Gasteiger partial charge in [0.25, 0.3) is 5.91 Å². The lowest BCUT2D eigenvalue weighted by Gasteiger charge is -2.37. The Kier molecular flexibility index (Phi) is 3.32. The molecule has 1 aromatic carbocycles. The number of benzene rings is 1. The van der Waals surface area contributed by atoms with Crippen LogP contribution < -0.4 is 5.73 Å². The molecule has 3 nitrogen and oxygen atoms in total. The van der Waals surface area contributed by atoms with E-state index in [2.05, 4.69) is 38.5 Å². The highest BCUT2D eigenvalue weighted by atomic mass is 127. The number of halogens is 2. The Hall–Kier alpha value is -0.140. The van der Waals surface area contributed by atoms with Gasteiger partial charge in [0.15, 0.2) is 0 Å². The van der Waals surface area contributed by atoms with Crippen molar-refractivity contribution in [1.29, 1.82) is 0 Å². The minimum atomic E-state index is 0.0717. The van der Waals surface area contributed by atoms with Crippen LogP contribution >= 0.6 is 38.5 Å². The lowest BCUT2D eigenvalue weighted by Crippen LogP contribution is -2.57. The van der Waals surface area contributed by atoms with E-state index in [1.165, 1.54) is 0 Å². The quantitative estimate of drug-likeness (QED) is 0.755. The number of likely N-dealkylation sites (tertiary alicyclic amines) is 1. The number of rotatable bonds is 1. The van der Waals surface area contributed by atoms with Crippen molar-refractivity contribution in [3.63, 3.8) is 0 Å². The summed E-state index contributed by atoms with van der Waals surface area (Å²) < 4.78 is 1.90. The third-order valence-electron chi connectivity index (χ3n) is 2.36. The van der Waals surface area contributed by atoms with Crippen LogP contribution in [0.15, 0.2) is 22.7 Å². The Balaban J connectivity index is 2.22. The minimum Gasteiger partial charge on any atom is -0.335 e. The van der Waals surface area contributed by atoms with Crippen LogP contribution in [-0.4, -0.2) is 29.9 Å². The average Bonchev–Trinajstić information content (AvgIpc) is 2.16. The first-order chi connectivity index (χ1) is 7.08. The zero-order chi connectivity index (χ0) is 11.0. The van der Waals surface area contributed by atoms with Gasteiger partial charge in [0.05, 0.1) is 5.56 Å². The van der Waals surface area contributed by atoms with Gasteiger partial charge >= 0.3 is 0 Å². The molecule has 0 aliphatic carbocycles. The van der Waals surface area contributed by atoms with Crippen molar-refractivity contribution in [3.05, 3.63) is 31.8 Å². The summed E-state index contributed by atoms with van der Waals surface area (Å²) in [7, 11) is 0. The largest absolute Gasteiger partial charge is 0.335 e. The van der Waals surface area contributed by atoms with Crippen LogP contribution in [0.25, 0.3) is 0 Å². The number of nitrogens with zero attached hydrogens (tertiary/aromatic N) is 1. The maximum atomic E-state index is 12.0.